The summed E-state index contributed by atoms with van der Waals surface area (Å²) in [5.41, 5.74) is 0. The van der Waals surface area contributed by atoms with Crippen LogP contribution in [0.2, 0.25) is 0 Å². The van der Waals surface area contributed by atoms with E-state index in [-0.39, 0.29) is 0 Å². The number of carbonyl (C=O) groups is 1. The second-order valence-electron chi connectivity index (χ2n) is 7.68. The van der Waals surface area contributed by atoms with Gasteiger partial charge in [0.05, 0.1) is 0 Å². The number of hydrogen-bond acceptors (Lipinski definition) is 1. The first-order valence-electron chi connectivity index (χ1n) is 10.9. The summed E-state index contributed by atoms with van der Waals surface area (Å²) in [7, 11) is 0. The molecule has 2 heteroatoms. The molecule has 0 saturated carbocycles. The number of carboxylic acids is 1. The summed E-state index contributed by atoms with van der Waals surface area (Å²) in [6.45, 7) is 7.00. The first-order chi connectivity index (χ1) is 11.6. The predicted molar refractivity (Wildman–Crippen MR) is 106 cm³/mol. The molecule has 144 valence electrons. The van der Waals surface area contributed by atoms with Crippen LogP contribution < -0.4 is 0 Å². The SMILES string of the molecule is CCCCCCC(CC)CCC(CC)CCCCCCCC(=O)O. The lowest BCUT2D eigenvalue weighted by molar-refractivity contribution is -0.137. The van der Waals surface area contributed by atoms with Crippen LogP contribution in [0.4, 0.5) is 0 Å². The van der Waals surface area contributed by atoms with E-state index in [1.54, 1.807) is 0 Å². The zero-order valence-corrected chi connectivity index (χ0v) is 16.8. The maximum atomic E-state index is 10.5. The molecule has 0 rings (SSSR count). The first-order valence-corrected chi connectivity index (χ1v) is 10.9. The lowest BCUT2D eigenvalue weighted by Crippen LogP contribution is -2.05. The topological polar surface area (TPSA) is 37.3 Å². The normalized spacial score (nSPS) is 13.8. The Balaban J connectivity index is 3.67. The van der Waals surface area contributed by atoms with Gasteiger partial charge in [-0.15, -0.1) is 0 Å². The average molecular weight is 341 g/mol. The van der Waals surface area contributed by atoms with E-state index in [4.69, 9.17) is 5.11 Å². The van der Waals surface area contributed by atoms with Crippen LogP contribution in [0.3, 0.4) is 0 Å². The lowest BCUT2D eigenvalue weighted by Gasteiger charge is -2.19. The zero-order chi connectivity index (χ0) is 18.0. The quantitative estimate of drug-likeness (QED) is 0.261. The van der Waals surface area contributed by atoms with Gasteiger partial charge in [0, 0.05) is 6.42 Å². The Kier molecular flexibility index (Phi) is 16.9. The summed E-state index contributed by atoms with van der Waals surface area (Å²) < 4.78 is 0. The van der Waals surface area contributed by atoms with Crippen molar-refractivity contribution in [2.24, 2.45) is 11.8 Å². The van der Waals surface area contributed by atoms with Gasteiger partial charge in [0.1, 0.15) is 0 Å². The van der Waals surface area contributed by atoms with Crippen LogP contribution in [0.5, 0.6) is 0 Å². The van der Waals surface area contributed by atoms with Gasteiger partial charge in [-0.25, -0.2) is 0 Å². The smallest absolute Gasteiger partial charge is 0.303 e. The zero-order valence-electron chi connectivity index (χ0n) is 16.8. The molecule has 0 aromatic rings. The summed E-state index contributed by atoms with van der Waals surface area (Å²) >= 11 is 0. The number of aliphatic carboxylic acids is 1. The summed E-state index contributed by atoms with van der Waals surface area (Å²) in [4.78, 5) is 10.5. The van der Waals surface area contributed by atoms with E-state index in [1.807, 2.05) is 0 Å². The van der Waals surface area contributed by atoms with Gasteiger partial charge in [-0.05, 0) is 18.3 Å². The van der Waals surface area contributed by atoms with Crippen LogP contribution in [-0.4, -0.2) is 11.1 Å². The molecule has 2 unspecified atom stereocenters. The van der Waals surface area contributed by atoms with E-state index in [9.17, 15) is 4.79 Å². The molecule has 0 fully saturated rings. The molecular formula is C22H44O2. The molecule has 0 saturated heterocycles. The molecule has 1 N–H and O–H groups in total. The fourth-order valence-corrected chi connectivity index (χ4v) is 3.68. The summed E-state index contributed by atoms with van der Waals surface area (Å²) in [5, 5.41) is 8.63. The lowest BCUT2D eigenvalue weighted by atomic mass is 9.86. The number of unbranched alkanes of at least 4 members (excludes halogenated alkanes) is 7. The van der Waals surface area contributed by atoms with E-state index in [1.165, 1.54) is 83.5 Å². The van der Waals surface area contributed by atoms with Gasteiger partial charge in [0.25, 0.3) is 0 Å². The minimum absolute atomic E-state index is 0.342. The average Bonchev–Trinajstić information content (AvgIpc) is 2.57. The largest absolute Gasteiger partial charge is 0.481 e. The Morgan fingerprint density at radius 1 is 0.667 bits per heavy atom. The van der Waals surface area contributed by atoms with Crippen molar-refractivity contribution in [1.29, 1.82) is 0 Å². The summed E-state index contributed by atoms with van der Waals surface area (Å²) in [6.07, 6.45) is 20.0. The Hall–Kier alpha value is -0.530. The minimum atomic E-state index is -0.652. The molecule has 0 aliphatic rings. The molecule has 2 nitrogen and oxygen atoms in total. The second-order valence-corrected chi connectivity index (χ2v) is 7.68. The molecule has 0 aromatic heterocycles. The van der Waals surface area contributed by atoms with E-state index in [0.717, 1.165) is 24.7 Å². The van der Waals surface area contributed by atoms with Gasteiger partial charge in [-0.1, -0.05) is 111 Å². The molecule has 0 aliphatic heterocycles. The Morgan fingerprint density at radius 2 is 1.12 bits per heavy atom. The van der Waals surface area contributed by atoms with E-state index < -0.39 is 5.97 Å². The second kappa shape index (κ2) is 17.3. The summed E-state index contributed by atoms with van der Waals surface area (Å²) in [5.74, 6) is 1.21. The molecule has 0 heterocycles. The maximum absolute atomic E-state index is 10.5. The third kappa shape index (κ3) is 15.0. The van der Waals surface area contributed by atoms with Gasteiger partial charge < -0.3 is 5.11 Å². The highest BCUT2D eigenvalue weighted by Crippen LogP contribution is 2.26. The number of hydrogen-bond donors (Lipinski definition) is 1. The number of carboxylic acid groups (broad SMARTS) is 1. The van der Waals surface area contributed by atoms with Gasteiger partial charge in [-0.3, -0.25) is 4.79 Å². The molecule has 0 spiro atoms. The van der Waals surface area contributed by atoms with Crippen molar-refractivity contribution in [3.63, 3.8) is 0 Å². The standard InChI is InChI=1S/C22H44O2/c1-4-7-8-12-15-20(5-2)18-19-21(6-3)16-13-10-9-11-14-17-22(23)24/h20-21H,4-19H2,1-3H3,(H,23,24). The fraction of sp³-hybridized carbons (Fsp3) is 0.955. The van der Waals surface area contributed by atoms with Crippen molar-refractivity contribution < 1.29 is 9.90 Å². The Labute approximate surface area is 151 Å². The maximum Gasteiger partial charge on any atom is 0.303 e. The van der Waals surface area contributed by atoms with Crippen molar-refractivity contribution in [2.75, 3.05) is 0 Å². The third-order valence-corrected chi connectivity index (χ3v) is 5.61. The molecule has 0 aromatic carbocycles. The monoisotopic (exact) mass is 340 g/mol. The Bertz CT molecular complexity index is 275. The highest BCUT2D eigenvalue weighted by molar-refractivity contribution is 5.66. The van der Waals surface area contributed by atoms with Crippen LogP contribution in [-0.2, 0) is 4.79 Å². The van der Waals surface area contributed by atoms with Crippen molar-refractivity contribution in [3.05, 3.63) is 0 Å². The molecule has 2 atom stereocenters. The van der Waals surface area contributed by atoms with Crippen LogP contribution in [0, 0.1) is 11.8 Å². The van der Waals surface area contributed by atoms with E-state index in [2.05, 4.69) is 20.8 Å². The predicted octanol–water partition coefficient (Wildman–Crippen LogP) is 7.60. The van der Waals surface area contributed by atoms with Gasteiger partial charge >= 0.3 is 5.97 Å². The Morgan fingerprint density at radius 3 is 1.58 bits per heavy atom. The van der Waals surface area contributed by atoms with Crippen molar-refractivity contribution in [3.8, 4) is 0 Å². The van der Waals surface area contributed by atoms with Gasteiger partial charge in [0.15, 0.2) is 0 Å². The molecule has 0 radical (unpaired) electrons. The fourth-order valence-electron chi connectivity index (χ4n) is 3.68. The van der Waals surface area contributed by atoms with Crippen LogP contribution in [0.25, 0.3) is 0 Å². The van der Waals surface area contributed by atoms with Crippen molar-refractivity contribution >= 4 is 5.97 Å². The van der Waals surface area contributed by atoms with Crippen molar-refractivity contribution in [2.45, 2.75) is 124 Å². The van der Waals surface area contributed by atoms with E-state index in [0.29, 0.717) is 6.42 Å². The van der Waals surface area contributed by atoms with Crippen LogP contribution >= 0.6 is 0 Å². The molecule has 0 amide bonds. The molecule has 0 bridgehead atoms. The van der Waals surface area contributed by atoms with E-state index >= 15 is 0 Å². The van der Waals surface area contributed by atoms with Crippen LogP contribution in [0.1, 0.15) is 124 Å². The summed E-state index contributed by atoms with van der Waals surface area (Å²) in [6, 6.07) is 0. The number of rotatable bonds is 18. The molecular weight excluding hydrogens is 296 g/mol. The van der Waals surface area contributed by atoms with Gasteiger partial charge in [0.2, 0.25) is 0 Å². The molecule has 24 heavy (non-hydrogen) atoms. The van der Waals surface area contributed by atoms with Gasteiger partial charge in [-0.2, -0.15) is 0 Å². The molecule has 0 aliphatic carbocycles. The highest BCUT2D eigenvalue weighted by atomic mass is 16.4. The third-order valence-electron chi connectivity index (χ3n) is 5.61. The van der Waals surface area contributed by atoms with Crippen molar-refractivity contribution in [1.82, 2.24) is 0 Å². The van der Waals surface area contributed by atoms with Crippen LogP contribution in [0.15, 0.2) is 0 Å². The first kappa shape index (κ1) is 23.5. The minimum Gasteiger partial charge on any atom is -0.481 e. The highest BCUT2D eigenvalue weighted by Gasteiger charge is 2.11.